The van der Waals surface area contributed by atoms with E-state index in [0.717, 1.165) is 12.1 Å². The molecule has 0 bridgehead atoms. The van der Waals surface area contributed by atoms with Gasteiger partial charge < -0.3 is 10.1 Å². The maximum atomic E-state index is 12.7. The van der Waals surface area contributed by atoms with Gasteiger partial charge in [0.15, 0.2) is 0 Å². The van der Waals surface area contributed by atoms with Crippen LogP contribution >= 0.6 is 11.6 Å². The summed E-state index contributed by atoms with van der Waals surface area (Å²) in [5.74, 6) is 0.311. The van der Waals surface area contributed by atoms with Crippen LogP contribution in [0.1, 0.15) is 22.8 Å². The molecule has 1 N–H and O–H groups in total. The van der Waals surface area contributed by atoms with Crippen LogP contribution in [0.5, 0.6) is 0 Å². The molecule has 1 aromatic heterocycles. The van der Waals surface area contributed by atoms with Gasteiger partial charge in [-0.15, -0.1) is 0 Å². The minimum atomic E-state index is -0.377. The molecule has 2 aromatic carbocycles. The molecular formula is C21H21ClN4O2. The molecule has 2 heterocycles. The van der Waals surface area contributed by atoms with Gasteiger partial charge in [-0.3, -0.25) is 4.90 Å². The number of carbonyl (C=O) groups is 1. The van der Waals surface area contributed by atoms with E-state index < -0.39 is 0 Å². The van der Waals surface area contributed by atoms with Gasteiger partial charge in [-0.1, -0.05) is 54.1 Å². The van der Waals surface area contributed by atoms with E-state index in [1.807, 2.05) is 35.0 Å². The number of aromatic nitrogens is 2. The van der Waals surface area contributed by atoms with Crippen molar-refractivity contribution >= 4 is 23.4 Å². The monoisotopic (exact) mass is 396 g/mol. The first-order valence-electron chi connectivity index (χ1n) is 9.19. The van der Waals surface area contributed by atoms with Crippen molar-refractivity contribution in [3.05, 3.63) is 70.7 Å². The molecule has 0 atom stereocenters. The van der Waals surface area contributed by atoms with E-state index in [1.54, 1.807) is 19.1 Å². The quantitative estimate of drug-likeness (QED) is 0.654. The van der Waals surface area contributed by atoms with Crippen LogP contribution in [-0.4, -0.2) is 33.9 Å². The molecule has 0 spiro atoms. The number of hydrogen-bond donors (Lipinski definition) is 1. The molecule has 0 aliphatic carbocycles. The van der Waals surface area contributed by atoms with E-state index in [0.29, 0.717) is 42.0 Å². The fourth-order valence-corrected chi connectivity index (χ4v) is 3.45. The predicted octanol–water partition coefficient (Wildman–Crippen LogP) is 4.22. The lowest BCUT2D eigenvalue weighted by Crippen LogP contribution is -2.37. The highest BCUT2D eigenvalue weighted by atomic mass is 35.5. The van der Waals surface area contributed by atoms with Gasteiger partial charge in [-0.05, 0) is 24.6 Å². The third-order valence-electron chi connectivity index (χ3n) is 4.60. The second-order valence-corrected chi connectivity index (χ2v) is 7.03. The number of esters is 1. The molecule has 0 unspecified atom stereocenters. The first-order chi connectivity index (χ1) is 13.7. The summed E-state index contributed by atoms with van der Waals surface area (Å²) in [4.78, 5) is 14.9. The Bertz CT molecular complexity index is 970. The lowest BCUT2D eigenvalue weighted by Gasteiger charge is -2.29. The molecule has 0 radical (unpaired) electrons. The number of ether oxygens (including phenoxy) is 1. The third kappa shape index (κ3) is 3.74. The number of hydrogen-bond acceptors (Lipinski definition) is 5. The van der Waals surface area contributed by atoms with Crippen LogP contribution in [0.2, 0.25) is 5.02 Å². The average Bonchev–Trinajstić information content (AvgIpc) is 3.08. The summed E-state index contributed by atoms with van der Waals surface area (Å²) >= 11 is 6.01. The lowest BCUT2D eigenvalue weighted by molar-refractivity contribution is 0.0527. The molecule has 1 aliphatic rings. The van der Waals surface area contributed by atoms with Gasteiger partial charge in [0.25, 0.3) is 0 Å². The summed E-state index contributed by atoms with van der Waals surface area (Å²) in [5, 5.41) is 8.69. The Hall–Kier alpha value is -2.83. The minimum absolute atomic E-state index is 0.309. The summed E-state index contributed by atoms with van der Waals surface area (Å²) < 4.78 is 7.11. The molecule has 0 fully saturated rings. The van der Waals surface area contributed by atoms with Crippen LogP contribution in [0.25, 0.3) is 11.3 Å². The minimum Gasteiger partial charge on any atom is -0.462 e. The van der Waals surface area contributed by atoms with Gasteiger partial charge in [-0.25, -0.2) is 9.48 Å². The molecule has 4 rings (SSSR count). The van der Waals surface area contributed by atoms with Crippen molar-refractivity contribution in [3.63, 3.8) is 0 Å². The molecule has 0 saturated heterocycles. The van der Waals surface area contributed by atoms with Gasteiger partial charge in [-0.2, -0.15) is 5.10 Å². The van der Waals surface area contributed by atoms with E-state index in [2.05, 4.69) is 22.3 Å². The number of halogens is 1. The van der Waals surface area contributed by atoms with Crippen molar-refractivity contribution in [2.24, 2.45) is 0 Å². The number of carbonyl (C=O) groups excluding carboxylic acids is 1. The lowest BCUT2D eigenvalue weighted by atomic mass is 10.1. The van der Waals surface area contributed by atoms with Gasteiger partial charge in [0.05, 0.1) is 19.9 Å². The number of fused-ring (bicyclic) bond motifs is 1. The Labute approximate surface area is 168 Å². The number of benzene rings is 2. The third-order valence-corrected chi connectivity index (χ3v) is 4.85. The SMILES string of the molecule is CCOC(=O)c1c(-c2ccc(Cl)cc2)nn2c1NCN(Cc1ccccc1)C2. The number of anilines is 1. The van der Waals surface area contributed by atoms with E-state index in [-0.39, 0.29) is 5.97 Å². The van der Waals surface area contributed by atoms with E-state index >= 15 is 0 Å². The molecule has 3 aromatic rings. The van der Waals surface area contributed by atoms with Gasteiger partial charge in [0.1, 0.15) is 17.1 Å². The Morgan fingerprint density at radius 1 is 1.18 bits per heavy atom. The smallest absolute Gasteiger partial charge is 0.344 e. The zero-order valence-electron chi connectivity index (χ0n) is 15.6. The summed E-state index contributed by atoms with van der Waals surface area (Å²) in [6.07, 6.45) is 0. The van der Waals surface area contributed by atoms with Crippen LogP contribution in [0.3, 0.4) is 0 Å². The van der Waals surface area contributed by atoms with Crippen molar-refractivity contribution in [3.8, 4) is 11.3 Å². The molecule has 1 aliphatic heterocycles. The van der Waals surface area contributed by atoms with Crippen molar-refractivity contribution < 1.29 is 9.53 Å². The Kier molecular flexibility index (Phi) is 5.32. The van der Waals surface area contributed by atoms with Crippen LogP contribution in [0, 0.1) is 0 Å². The summed E-state index contributed by atoms with van der Waals surface area (Å²) in [5.41, 5.74) is 3.11. The standard InChI is InChI=1S/C21H21ClN4O2/c1-2-28-21(27)18-19(16-8-10-17(22)11-9-16)24-26-14-25(13-23-20(18)26)12-15-6-4-3-5-7-15/h3-11,23H,2,12-14H2,1H3. The van der Waals surface area contributed by atoms with E-state index in [9.17, 15) is 4.79 Å². The predicted molar refractivity (Wildman–Crippen MR) is 109 cm³/mol. The number of nitrogens with one attached hydrogen (secondary N) is 1. The fraction of sp³-hybridized carbons (Fsp3) is 0.238. The first kappa shape index (κ1) is 18.5. The van der Waals surface area contributed by atoms with Crippen molar-refractivity contribution in [1.82, 2.24) is 14.7 Å². The topological polar surface area (TPSA) is 59.4 Å². The Balaban J connectivity index is 1.67. The summed E-state index contributed by atoms with van der Waals surface area (Å²) in [6.45, 7) is 4.09. The normalized spacial score (nSPS) is 13.6. The summed E-state index contributed by atoms with van der Waals surface area (Å²) in [7, 11) is 0. The van der Waals surface area contributed by atoms with Gasteiger partial charge >= 0.3 is 5.97 Å². The Morgan fingerprint density at radius 3 is 2.64 bits per heavy atom. The van der Waals surface area contributed by atoms with Crippen molar-refractivity contribution in [2.45, 2.75) is 20.1 Å². The fourth-order valence-electron chi connectivity index (χ4n) is 3.32. The highest BCUT2D eigenvalue weighted by molar-refractivity contribution is 6.30. The van der Waals surface area contributed by atoms with Crippen LogP contribution < -0.4 is 5.32 Å². The molecule has 28 heavy (non-hydrogen) atoms. The van der Waals surface area contributed by atoms with Gasteiger partial charge in [0, 0.05) is 17.1 Å². The second-order valence-electron chi connectivity index (χ2n) is 6.59. The number of nitrogens with zero attached hydrogens (tertiary/aromatic N) is 3. The Morgan fingerprint density at radius 2 is 1.93 bits per heavy atom. The average molecular weight is 397 g/mol. The molecule has 144 valence electrons. The van der Waals surface area contributed by atoms with Crippen molar-refractivity contribution in [1.29, 1.82) is 0 Å². The highest BCUT2D eigenvalue weighted by Crippen LogP contribution is 2.32. The highest BCUT2D eigenvalue weighted by Gasteiger charge is 2.29. The molecule has 7 heteroatoms. The molecule has 0 amide bonds. The van der Waals surface area contributed by atoms with Crippen LogP contribution in [0.15, 0.2) is 54.6 Å². The van der Waals surface area contributed by atoms with E-state index in [1.165, 1.54) is 5.56 Å². The maximum Gasteiger partial charge on any atom is 0.344 e. The zero-order valence-corrected chi connectivity index (χ0v) is 16.3. The van der Waals surface area contributed by atoms with Crippen LogP contribution in [-0.2, 0) is 18.0 Å². The zero-order chi connectivity index (χ0) is 19.5. The maximum absolute atomic E-state index is 12.7. The largest absolute Gasteiger partial charge is 0.462 e. The first-order valence-corrected chi connectivity index (χ1v) is 9.57. The number of rotatable bonds is 5. The molecular weight excluding hydrogens is 376 g/mol. The second kappa shape index (κ2) is 8.04. The van der Waals surface area contributed by atoms with Crippen LogP contribution in [0.4, 0.5) is 5.82 Å². The molecule has 6 nitrogen and oxygen atoms in total. The van der Waals surface area contributed by atoms with Gasteiger partial charge in [0.2, 0.25) is 0 Å². The summed E-state index contributed by atoms with van der Waals surface area (Å²) in [6, 6.07) is 17.6. The molecule has 0 saturated carbocycles. The van der Waals surface area contributed by atoms with E-state index in [4.69, 9.17) is 21.4 Å². The van der Waals surface area contributed by atoms with Crippen molar-refractivity contribution in [2.75, 3.05) is 18.6 Å².